The zero-order valence-electron chi connectivity index (χ0n) is 10.2. The average molecular weight is 289 g/mol. The minimum Gasteiger partial charge on any atom is -0.377 e. The van der Waals surface area contributed by atoms with Crippen LogP contribution in [-0.4, -0.2) is 25.8 Å². The van der Waals surface area contributed by atoms with Crippen LogP contribution in [0.15, 0.2) is 18.2 Å². The lowest BCUT2D eigenvalue weighted by Gasteiger charge is -2.21. The molecular weight excluding hydrogens is 271 g/mol. The summed E-state index contributed by atoms with van der Waals surface area (Å²) in [7, 11) is 0. The lowest BCUT2D eigenvalue weighted by atomic mass is 10.1. The second kappa shape index (κ2) is 6.73. The van der Waals surface area contributed by atoms with Gasteiger partial charge in [-0.25, -0.2) is 0 Å². The lowest BCUT2D eigenvalue weighted by molar-refractivity contribution is 0.107. The van der Waals surface area contributed by atoms with Gasteiger partial charge in [-0.05, 0) is 24.5 Å². The molecule has 0 saturated carbocycles. The first kappa shape index (κ1) is 14.1. The summed E-state index contributed by atoms with van der Waals surface area (Å²) < 4.78 is 5.58. The molecule has 2 atom stereocenters. The maximum Gasteiger partial charge on any atom is 0.0700 e. The van der Waals surface area contributed by atoms with E-state index in [1.54, 1.807) is 6.07 Å². The van der Waals surface area contributed by atoms with Crippen molar-refractivity contribution < 1.29 is 4.74 Å². The van der Waals surface area contributed by atoms with E-state index in [0.29, 0.717) is 16.6 Å². The van der Waals surface area contributed by atoms with Crippen LogP contribution in [0.25, 0.3) is 0 Å². The second-order valence-corrected chi connectivity index (χ2v) is 5.26. The van der Waals surface area contributed by atoms with Gasteiger partial charge in [-0.1, -0.05) is 35.3 Å². The summed E-state index contributed by atoms with van der Waals surface area (Å²) in [6.45, 7) is 2.13. The quantitative estimate of drug-likeness (QED) is 0.876. The van der Waals surface area contributed by atoms with Gasteiger partial charge in [0.25, 0.3) is 0 Å². The summed E-state index contributed by atoms with van der Waals surface area (Å²) in [5.74, 6) is 0. The Kier molecular flexibility index (Phi) is 5.27. The fourth-order valence-corrected chi connectivity index (χ4v) is 2.63. The van der Waals surface area contributed by atoms with Gasteiger partial charge in [-0.3, -0.25) is 0 Å². The molecule has 5 heteroatoms. The first-order chi connectivity index (χ1) is 8.72. The van der Waals surface area contributed by atoms with Gasteiger partial charge in [0.05, 0.1) is 16.1 Å². The third-order valence-corrected chi connectivity index (χ3v) is 4.04. The Balaban J connectivity index is 2.00. The number of hydrogen-bond acceptors (Lipinski definition) is 3. The van der Waals surface area contributed by atoms with Gasteiger partial charge in [0.1, 0.15) is 0 Å². The molecule has 1 fully saturated rings. The minimum atomic E-state index is 0.0143. The van der Waals surface area contributed by atoms with Crippen molar-refractivity contribution in [3.05, 3.63) is 33.8 Å². The normalized spacial score (nSPS) is 21.2. The van der Waals surface area contributed by atoms with Crippen molar-refractivity contribution in [2.24, 2.45) is 5.73 Å². The zero-order valence-corrected chi connectivity index (χ0v) is 11.7. The number of halogens is 2. The van der Waals surface area contributed by atoms with E-state index in [-0.39, 0.29) is 12.1 Å². The Hall–Kier alpha value is -0.320. The minimum absolute atomic E-state index is 0.0143. The van der Waals surface area contributed by atoms with E-state index in [2.05, 4.69) is 5.32 Å². The Morgan fingerprint density at radius 1 is 1.44 bits per heavy atom. The van der Waals surface area contributed by atoms with Gasteiger partial charge in [0, 0.05) is 25.7 Å². The number of nitrogens with one attached hydrogen (secondary N) is 1. The summed E-state index contributed by atoms with van der Waals surface area (Å²) in [4.78, 5) is 0. The van der Waals surface area contributed by atoms with Gasteiger partial charge in [-0.15, -0.1) is 0 Å². The molecule has 3 nitrogen and oxygen atoms in total. The van der Waals surface area contributed by atoms with Gasteiger partial charge in [-0.2, -0.15) is 0 Å². The highest BCUT2D eigenvalue weighted by Gasteiger charge is 2.19. The summed E-state index contributed by atoms with van der Waals surface area (Å²) in [5, 5.41) is 4.54. The molecule has 18 heavy (non-hydrogen) atoms. The molecule has 1 aliphatic rings. The Morgan fingerprint density at radius 3 is 2.94 bits per heavy atom. The molecule has 2 rings (SSSR count). The maximum absolute atomic E-state index is 6.20. The molecule has 0 spiro atoms. The van der Waals surface area contributed by atoms with E-state index in [0.717, 1.165) is 31.6 Å². The number of hydrogen-bond donors (Lipinski definition) is 2. The van der Waals surface area contributed by atoms with Crippen molar-refractivity contribution in [3.63, 3.8) is 0 Å². The average Bonchev–Trinajstić information content (AvgIpc) is 2.88. The summed E-state index contributed by atoms with van der Waals surface area (Å²) in [6, 6.07) is 5.63. The van der Waals surface area contributed by atoms with Gasteiger partial charge in [0.15, 0.2) is 0 Å². The number of rotatable bonds is 5. The topological polar surface area (TPSA) is 47.3 Å². The molecule has 0 aromatic heterocycles. The molecule has 0 aliphatic carbocycles. The zero-order chi connectivity index (χ0) is 13.0. The predicted octanol–water partition coefficient (Wildman–Crippen LogP) is 2.76. The van der Waals surface area contributed by atoms with Crippen LogP contribution in [0.2, 0.25) is 10.0 Å². The molecule has 1 aromatic carbocycles. The van der Waals surface area contributed by atoms with Crippen molar-refractivity contribution in [2.45, 2.75) is 25.0 Å². The van der Waals surface area contributed by atoms with E-state index in [4.69, 9.17) is 33.7 Å². The van der Waals surface area contributed by atoms with Crippen LogP contribution in [0.5, 0.6) is 0 Å². The van der Waals surface area contributed by atoms with Crippen molar-refractivity contribution in [3.8, 4) is 0 Å². The Morgan fingerprint density at radius 2 is 2.28 bits per heavy atom. The molecule has 0 radical (unpaired) electrons. The van der Waals surface area contributed by atoms with Gasteiger partial charge >= 0.3 is 0 Å². The highest BCUT2D eigenvalue weighted by atomic mass is 35.5. The van der Waals surface area contributed by atoms with Crippen LogP contribution in [0.1, 0.15) is 24.4 Å². The Bertz CT molecular complexity index is 395. The molecule has 2 unspecified atom stereocenters. The molecule has 1 aromatic rings. The highest BCUT2D eigenvalue weighted by Crippen LogP contribution is 2.29. The van der Waals surface area contributed by atoms with E-state index >= 15 is 0 Å². The molecular formula is C13H18Cl2N2O. The van der Waals surface area contributed by atoms with Crippen LogP contribution < -0.4 is 11.1 Å². The monoisotopic (exact) mass is 288 g/mol. The van der Waals surface area contributed by atoms with Crippen LogP contribution >= 0.6 is 23.2 Å². The van der Waals surface area contributed by atoms with Gasteiger partial charge < -0.3 is 15.8 Å². The number of benzene rings is 1. The van der Waals surface area contributed by atoms with Crippen LogP contribution in [0, 0.1) is 0 Å². The largest absolute Gasteiger partial charge is 0.377 e. The van der Waals surface area contributed by atoms with E-state index in [1.165, 1.54) is 0 Å². The molecule has 1 saturated heterocycles. The van der Waals surface area contributed by atoms with E-state index in [1.807, 2.05) is 12.1 Å². The van der Waals surface area contributed by atoms with Crippen molar-refractivity contribution in [1.29, 1.82) is 0 Å². The van der Waals surface area contributed by atoms with E-state index < -0.39 is 0 Å². The fraction of sp³-hybridized carbons (Fsp3) is 0.538. The van der Waals surface area contributed by atoms with Crippen LogP contribution in [0.3, 0.4) is 0 Å². The SMILES string of the molecule is NCC(NCC1CCCO1)c1cccc(Cl)c1Cl. The highest BCUT2D eigenvalue weighted by molar-refractivity contribution is 6.42. The molecule has 1 heterocycles. The van der Waals surface area contributed by atoms with Crippen molar-refractivity contribution in [2.75, 3.05) is 19.7 Å². The van der Waals surface area contributed by atoms with Gasteiger partial charge in [0.2, 0.25) is 0 Å². The van der Waals surface area contributed by atoms with Crippen LogP contribution in [0.4, 0.5) is 0 Å². The van der Waals surface area contributed by atoms with Crippen LogP contribution in [-0.2, 0) is 4.74 Å². The first-order valence-corrected chi connectivity index (χ1v) is 6.97. The lowest BCUT2D eigenvalue weighted by Crippen LogP contribution is -2.34. The summed E-state index contributed by atoms with van der Waals surface area (Å²) in [5.41, 5.74) is 6.75. The molecule has 3 N–H and O–H groups in total. The van der Waals surface area contributed by atoms with E-state index in [9.17, 15) is 0 Å². The van der Waals surface area contributed by atoms with Crippen molar-refractivity contribution >= 4 is 23.2 Å². The summed E-state index contributed by atoms with van der Waals surface area (Å²) >= 11 is 12.2. The smallest absolute Gasteiger partial charge is 0.0700 e. The third kappa shape index (κ3) is 3.37. The van der Waals surface area contributed by atoms with Crippen molar-refractivity contribution in [1.82, 2.24) is 5.32 Å². The standard InChI is InChI=1S/C13H18Cl2N2O/c14-11-5-1-4-10(13(11)15)12(7-16)17-8-9-3-2-6-18-9/h1,4-5,9,12,17H,2-3,6-8,16H2. The maximum atomic E-state index is 6.20. The first-order valence-electron chi connectivity index (χ1n) is 6.21. The summed E-state index contributed by atoms with van der Waals surface area (Å²) in [6.07, 6.45) is 2.53. The Labute approximate surface area is 118 Å². The number of nitrogens with two attached hydrogens (primary N) is 1. The molecule has 0 amide bonds. The molecule has 0 bridgehead atoms. The number of ether oxygens (including phenoxy) is 1. The fourth-order valence-electron chi connectivity index (χ4n) is 2.19. The molecule has 1 aliphatic heterocycles. The molecule has 100 valence electrons. The second-order valence-electron chi connectivity index (χ2n) is 4.47. The predicted molar refractivity (Wildman–Crippen MR) is 75.2 cm³/mol. The third-order valence-electron chi connectivity index (χ3n) is 3.21.